The molecule has 1 aromatic carbocycles. The van der Waals surface area contributed by atoms with Crippen LogP contribution in [0.5, 0.6) is 0 Å². The van der Waals surface area contributed by atoms with Crippen molar-refractivity contribution in [3.8, 4) is 0 Å². The van der Waals surface area contributed by atoms with E-state index in [1.807, 2.05) is 0 Å². The predicted molar refractivity (Wildman–Crippen MR) is 66.9 cm³/mol. The van der Waals surface area contributed by atoms with Crippen molar-refractivity contribution in [3.63, 3.8) is 0 Å². The van der Waals surface area contributed by atoms with Crippen LogP contribution in [0, 0.1) is 23.5 Å². The predicted octanol–water partition coefficient (Wildman–Crippen LogP) is 3.39. The van der Waals surface area contributed by atoms with E-state index in [-0.39, 0.29) is 0 Å². The lowest BCUT2D eigenvalue weighted by Crippen LogP contribution is -2.27. The highest BCUT2D eigenvalue weighted by atomic mass is 19.1. The smallest absolute Gasteiger partial charge is 0.129 e. The van der Waals surface area contributed by atoms with Gasteiger partial charge in [-0.15, -0.1) is 0 Å². The lowest BCUT2D eigenvalue weighted by molar-refractivity contribution is 0.359. The average molecular weight is 241 g/mol. The lowest BCUT2D eigenvalue weighted by atomic mass is 9.89. The van der Waals surface area contributed by atoms with E-state index in [0.29, 0.717) is 23.8 Å². The Morgan fingerprint density at radius 3 is 2.47 bits per heavy atom. The quantitative estimate of drug-likeness (QED) is 0.805. The molecule has 0 spiro atoms. The molecule has 0 saturated carbocycles. The second kappa shape index (κ2) is 6.70. The van der Waals surface area contributed by atoms with Crippen LogP contribution in [-0.2, 0) is 6.42 Å². The zero-order valence-electron chi connectivity index (χ0n) is 10.8. The maximum Gasteiger partial charge on any atom is 0.129 e. The SMILES string of the molecule is CCNCC(Cc1ccc(F)cc1F)C(C)C. The van der Waals surface area contributed by atoms with E-state index in [9.17, 15) is 8.78 Å². The van der Waals surface area contributed by atoms with E-state index in [2.05, 4.69) is 26.1 Å². The Morgan fingerprint density at radius 2 is 1.94 bits per heavy atom. The summed E-state index contributed by atoms with van der Waals surface area (Å²) in [5, 5.41) is 3.28. The average Bonchev–Trinajstić information content (AvgIpc) is 2.26. The third-order valence-electron chi connectivity index (χ3n) is 3.10. The molecule has 0 heterocycles. The number of hydrogen-bond acceptors (Lipinski definition) is 1. The highest BCUT2D eigenvalue weighted by molar-refractivity contribution is 5.19. The molecule has 1 N–H and O–H groups in total. The zero-order chi connectivity index (χ0) is 12.8. The Bertz CT molecular complexity index is 350. The number of nitrogens with one attached hydrogen (secondary N) is 1. The van der Waals surface area contributed by atoms with Crippen LogP contribution in [0.1, 0.15) is 26.3 Å². The van der Waals surface area contributed by atoms with Gasteiger partial charge in [0.05, 0.1) is 0 Å². The van der Waals surface area contributed by atoms with E-state index in [1.54, 1.807) is 6.07 Å². The van der Waals surface area contributed by atoms with Gasteiger partial charge in [-0.1, -0.05) is 26.8 Å². The molecule has 0 fully saturated rings. The number of rotatable bonds is 6. The fourth-order valence-corrected chi connectivity index (χ4v) is 1.84. The summed E-state index contributed by atoms with van der Waals surface area (Å²) in [5.41, 5.74) is 0.600. The van der Waals surface area contributed by atoms with Crippen molar-refractivity contribution < 1.29 is 8.78 Å². The van der Waals surface area contributed by atoms with E-state index in [1.165, 1.54) is 6.07 Å². The van der Waals surface area contributed by atoms with Crippen LogP contribution in [0.3, 0.4) is 0 Å². The van der Waals surface area contributed by atoms with Gasteiger partial charge in [-0.05, 0) is 43.0 Å². The molecule has 1 atom stereocenters. The molecule has 0 aliphatic heterocycles. The van der Waals surface area contributed by atoms with E-state index in [0.717, 1.165) is 19.2 Å². The second-order valence-corrected chi connectivity index (χ2v) is 4.75. The van der Waals surface area contributed by atoms with Gasteiger partial charge < -0.3 is 5.32 Å². The van der Waals surface area contributed by atoms with Crippen LogP contribution < -0.4 is 5.32 Å². The van der Waals surface area contributed by atoms with Crippen LogP contribution in [0.4, 0.5) is 8.78 Å². The molecule has 0 radical (unpaired) electrons. The van der Waals surface area contributed by atoms with Gasteiger partial charge >= 0.3 is 0 Å². The monoisotopic (exact) mass is 241 g/mol. The summed E-state index contributed by atoms with van der Waals surface area (Å²) in [6.45, 7) is 8.09. The van der Waals surface area contributed by atoms with Crippen molar-refractivity contribution in [1.82, 2.24) is 5.32 Å². The minimum Gasteiger partial charge on any atom is -0.317 e. The molecule has 1 nitrogen and oxygen atoms in total. The van der Waals surface area contributed by atoms with Gasteiger partial charge in [-0.2, -0.15) is 0 Å². The van der Waals surface area contributed by atoms with Gasteiger partial charge in [-0.3, -0.25) is 0 Å². The fraction of sp³-hybridized carbons (Fsp3) is 0.571. The van der Waals surface area contributed by atoms with Gasteiger partial charge in [0, 0.05) is 6.07 Å². The Balaban J connectivity index is 2.71. The van der Waals surface area contributed by atoms with Crippen LogP contribution in [0.2, 0.25) is 0 Å². The van der Waals surface area contributed by atoms with Crippen molar-refractivity contribution in [1.29, 1.82) is 0 Å². The van der Waals surface area contributed by atoms with Crippen LogP contribution >= 0.6 is 0 Å². The molecule has 1 aromatic rings. The first-order valence-electron chi connectivity index (χ1n) is 6.19. The summed E-state index contributed by atoms with van der Waals surface area (Å²) >= 11 is 0. The topological polar surface area (TPSA) is 12.0 Å². The molecule has 0 saturated heterocycles. The van der Waals surface area contributed by atoms with Crippen molar-refractivity contribution >= 4 is 0 Å². The number of benzene rings is 1. The minimum absolute atomic E-state index is 0.370. The van der Waals surface area contributed by atoms with E-state index >= 15 is 0 Å². The largest absolute Gasteiger partial charge is 0.317 e. The molecule has 1 rings (SSSR count). The van der Waals surface area contributed by atoms with Crippen molar-refractivity contribution in [2.45, 2.75) is 27.2 Å². The number of hydrogen-bond donors (Lipinski definition) is 1. The maximum absolute atomic E-state index is 13.5. The first-order chi connectivity index (χ1) is 8.04. The third kappa shape index (κ3) is 4.43. The fourth-order valence-electron chi connectivity index (χ4n) is 1.84. The van der Waals surface area contributed by atoms with Crippen LogP contribution in [0.25, 0.3) is 0 Å². The first kappa shape index (κ1) is 14.1. The highest BCUT2D eigenvalue weighted by Gasteiger charge is 2.15. The molecule has 0 bridgehead atoms. The van der Waals surface area contributed by atoms with E-state index in [4.69, 9.17) is 0 Å². The Morgan fingerprint density at radius 1 is 1.24 bits per heavy atom. The lowest BCUT2D eigenvalue weighted by Gasteiger charge is -2.21. The highest BCUT2D eigenvalue weighted by Crippen LogP contribution is 2.19. The first-order valence-corrected chi connectivity index (χ1v) is 6.19. The molecule has 0 aliphatic rings. The molecule has 3 heteroatoms. The summed E-state index contributed by atoms with van der Waals surface area (Å²) in [6.07, 6.45) is 0.650. The Labute approximate surface area is 102 Å². The molecular formula is C14H21F2N. The van der Waals surface area contributed by atoms with Gasteiger partial charge in [-0.25, -0.2) is 8.78 Å². The van der Waals surface area contributed by atoms with Crippen LogP contribution in [-0.4, -0.2) is 13.1 Å². The molecular weight excluding hydrogens is 220 g/mol. The zero-order valence-corrected chi connectivity index (χ0v) is 10.8. The normalized spacial score (nSPS) is 13.1. The van der Waals surface area contributed by atoms with Crippen molar-refractivity contribution in [2.24, 2.45) is 11.8 Å². The molecule has 96 valence electrons. The van der Waals surface area contributed by atoms with Crippen molar-refractivity contribution in [3.05, 3.63) is 35.4 Å². The minimum atomic E-state index is -0.515. The van der Waals surface area contributed by atoms with Gasteiger partial charge in [0.15, 0.2) is 0 Å². The van der Waals surface area contributed by atoms with Gasteiger partial charge in [0.25, 0.3) is 0 Å². The third-order valence-corrected chi connectivity index (χ3v) is 3.10. The van der Waals surface area contributed by atoms with Gasteiger partial charge in [0.2, 0.25) is 0 Å². The Hall–Kier alpha value is -0.960. The molecule has 0 amide bonds. The number of halogens is 2. The van der Waals surface area contributed by atoms with E-state index < -0.39 is 11.6 Å². The molecule has 1 unspecified atom stereocenters. The van der Waals surface area contributed by atoms with Crippen LogP contribution in [0.15, 0.2) is 18.2 Å². The van der Waals surface area contributed by atoms with Gasteiger partial charge in [0.1, 0.15) is 11.6 Å². The maximum atomic E-state index is 13.5. The summed E-state index contributed by atoms with van der Waals surface area (Å²) in [7, 11) is 0. The Kier molecular flexibility index (Phi) is 5.56. The molecule has 0 aromatic heterocycles. The standard InChI is InChI=1S/C14H21F2N/c1-4-17-9-12(10(2)3)7-11-5-6-13(15)8-14(11)16/h5-6,8,10,12,17H,4,7,9H2,1-3H3. The molecule has 0 aliphatic carbocycles. The van der Waals surface area contributed by atoms with Crippen molar-refractivity contribution in [2.75, 3.05) is 13.1 Å². The summed E-state index contributed by atoms with van der Waals surface area (Å²) in [5.74, 6) is -0.111. The molecule has 17 heavy (non-hydrogen) atoms. The summed E-state index contributed by atoms with van der Waals surface area (Å²) < 4.78 is 26.3. The second-order valence-electron chi connectivity index (χ2n) is 4.75. The summed E-state index contributed by atoms with van der Waals surface area (Å²) in [6, 6.07) is 3.83. The summed E-state index contributed by atoms with van der Waals surface area (Å²) in [4.78, 5) is 0.